The fourth-order valence-electron chi connectivity index (χ4n) is 1.52. The van der Waals surface area contributed by atoms with E-state index in [1.165, 1.54) is 25.7 Å². The van der Waals surface area contributed by atoms with Crippen LogP contribution in [-0.2, 0) is 4.79 Å². The van der Waals surface area contributed by atoms with Gasteiger partial charge < -0.3 is 5.11 Å². The van der Waals surface area contributed by atoms with E-state index in [4.69, 9.17) is 5.11 Å². The third-order valence-electron chi connectivity index (χ3n) is 2.45. The summed E-state index contributed by atoms with van der Waals surface area (Å²) in [7, 11) is 0. The van der Waals surface area contributed by atoms with Crippen molar-refractivity contribution in [3.63, 3.8) is 0 Å². The Kier molecular flexibility index (Phi) is 9.24. The summed E-state index contributed by atoms with van der Waals surface area (Å²) in [4.78, 5) is 10.4. The molecule has 0 aliphatic rings. The molecule has 0 saturated heterocycles. The number of unbranched alkanes of at least 4 members (excludes halogenated alkanes) is 4. The van der Waals surface area contributed by atoms with E-state index in [1.807, 2.05) is 6.92 Å². The van der Waals surface area contributed by atoms with Gasteiger partial charge in [-0.15, -0.1) is 0 Å². The molecule has 1 unspecified atom stereocenters. The first-order valence-electron chi connectivity index (χ1n) is 6.03. The molecule has 0 amide bonds. The van der Waals surface area contributed by atoms with Gasteiger partial charge in [-0.3, -0.25) is 4.79 Å². The predicted molar refractivity (Wildman–Crippen MR) is 63.9 cm³/mol. The van der Waals surface area contributed by atoms with Crippen molar-refractivity contribution in [1.82, 2.24) is 0 Å². The fourth-order valence-corrected chi connectivity index (χ4v) is 1.52. The van der Waals surface area contributed by atoms with E-state index in [1.54, 1.807) is 0 Å². The molecule has 15 heavy (non-hydrogen) atoms. The van der Waals surface area contributed by atoms with Crippen molar-refractivity contribution < 1.29 is 9.90 Å². The zero-order valence-corrected chi connectivity index (χ0v) is 10.0. The molecule has 0 aromatic heterocycles. The van der Waals surface area contributed by atoms with Crippen molar-refractivity contribution in [1.29, 1.82) is 0 Å². The largest absolute Gasteiger partial charge is 0.481 e. The molecular weight excluding hydrogens is 188 g/mol. The molecule has 0 aromatic rings. The number of hydrogen-bond donors (Lipinski definition) is 1. The van der Waals surface area contributed by atoms with Crippen molar-refractivity contribution in [2.45, 2.75) is 58.8 Å². The van der Waals surface area contributed by atoms with Gasteiger partial charge in [-0.2, -0.15) is 0 Å². The number of hydrogen-bond acceptors (Lipinski definition) is 1. The molecule has 0 rings (SSSR count). The van der Waals surface area contributed by atoms with E-state index in [2.05, 4.69) is 19.1 Å². The number of carboxylic acids is 1. The van der Waals surface area contributed by atoms with Crippen LogP contribution in [0.5, 0.6) is 0 Å². The lowest BCUT2D eigenvalue weighted by Crippen LogP contribution is -2.02. The summed E-state index contributed by atoms with van der Waals surface area (Å²) in [5.74, 6) is -0.437. The van der Waals surface area contributed by atoms with Gasteiger partial charge >= 0.3 is 5.97 Å². The lowest BCUT2D eigenvalue weighted by molar-refractivity contribution is -0.137. The lowest BCUT2D eigenvalue weighted by Gasteiger charge is -2.03. The highest BCUT2D eigenvalue weighted by Crippen LogP contribution is 2.09. The van der Waals surface area contributed by atoms with Crippen LogP contribution in [0.4, 0.5) is 0 Å². The number of allylic oxidation sites excluding steroid dienone is 2. The van der Waals surface area contributed by atoms with Crippen LogP contribution in [0.1, 0.15) is 58.8 Å². The van der Waals surface area contributed by atoms with Crippen LogP contribution in [0.15, 0.2) is 12.2 Å². The topological polar surface area (TPSA) is 37.3 Å². The zero-order chi connectivity index (χ0) is 11.5. The summed E-state index contributed by atoms with van der Waals surface area (Å²) in [6, 6.07) is 0. The van der Waals surface area contributed by atoms with Gasteiger partial charge in [0.1, 0.15) is 0 Å². The Morgan fingerprint density at radius 3 is 2.60 bits per heavy atom. The van der Waals surface area contributed by atoms with Gasteiger partial charge in [-0.05, 0) is 25.2 Å². The molecule has 0 aromatic carbocycles. The smallest absolute Gasteiger partial charge is 0.303 e. The van der Waals surface area contributed by atoms with Crippen molar-refractivity contribution in [3.05, 3.63) is 12.2 Å². The Morgan fingerprint density at radius 2 is 2.00 bits per heavy atom. The van der Waals surface area contributed by atoms with Gasteiger partial charge in [0.2, 0.25) is 0 Å². The molecular formula is C13H24O2. The Balaban J connectivity index is 3.33. The summed E-state index contributed by atoms with van der Waals surface area (Å²) < 4.78 is 0. The lowest BCUT2D eigenvalue weighted by atomic mass is 10.0. The molecule has 1 N–H and O–H groups in total. The summed E-state index contributed by atoms with van der Waals surface area (Å²) in [6.07, 6.45) is 11.8. The first-order valence-corrected chi connectivity index (χ1v) is 6.03. The molecule has 0 heterocycles. The quantitative estimate of drug-likeness (QED) is 0.463. The van der Waals surface area contributed by atoms with Crippen molar-refractivity contribution >= 4 is 5.97 Å². The number of carboxylic acid groups (broad SMARTS) is 1. The molecule has 0 fully saturated rings. The number of carbonyl (C=O) groups is 1. The zero-order valence-electron chi connectivity index (χ0n) is 10.0. The minimum atomic E-state index is -0.696. The molecule has 2 nitrogen and oxygen atoms in total. The molecule has 0 radical (unpaired) electrons. The van der Waals surface area contributed by atoms with Gasteiger partial charge in [0.05, 0.1) is 0 Å². The molecule has 0 aliphatic heterocycles. The number of aliphatic carboxylic acids is 1. The summed E-state index contributed by atoms with van der Waals surface area (Å²) in [5, 5.41) is 8.56. The van der Waals surface area contributed by atoms with E-state index >= 15 is 0 Å². The van der Waals surface area contributed by atoms with Crippen LogP contribution in [0.25, 0.3) is 0 Å². The molecule has 88 valence electrons. The van der Waals surface area contributed by atoms with Gasteiger partial charge in [0, 0.05) is 6.42 Å². The van der Waals surface area contributed by atoms with Gasteiger partial charge in [-0.1, -0.05) is 45.3 Å². The first kappa shape index (κ1) is 14.2. The Hall–Kier alpha value is -0.790. The van der Waals surface area contributed by atoms with Crippen molar-refractivity contribution in [2.24, 2.45) is 5.92 Å². The highest BCUT2D eigenvalue weighted by atomic mass is 16.4. The van der Waals surface area contributed by atoms with Crippen LogP contribution in [0.3, 0.4) is 0 Å². The van der Waals surface area contributed by atoms with Crippen LogP contribution < -0.4 is 0 Å². The molecule has 0 aliphatic carbocycles. The average molecular weight is 212 g/mol. The van der Waals surface area contributed by atoms with Crippen molar-refractivity contribution in [2.75, 3.05) is 0 Å². The second kappa shape index (κ2) is 9.75. The SMILES string of the molecule is CCCCCC/C=C\CC(C)CC(=O)O. The average Bonchev–Trinajstić information content (AvgIpc) is 2.15. The van der Waals surface area contributed by atoms with Crippen LogP contribution in [-0.4, -0.2) is 11.1 Å². The predicted octanol–water partition coefficient (Wildman–Crippen LogP) is 4.01. The minimum absolute atomic E-state index is 0.259. The third kappa shape index (κ3) is 11.1. The van der Waals surface area contributed by atoms with Crippen LogP contribution in [0.2, 0.25) is 0 Å². The Labute approximate surface area is 93.4 Å². The maximum atomic E-state index is 10.4. The standard InChI is InChI=1S/C13H24O2/c1-3-4-5-6-7-8-9-10-12(2)11-13(14)15/h8-9,12H,3-7,10-11H2,1-2H3,(H,14,15)/b9-8-. The van der Waals surface area contributed by atoms with Crippen molar-refractivity contribution in [3.8, 4) is 0 Å². The molecule has 0 saturated carbocycles. The van der Waals surface area contributed by atoms with Gasteiger partial charge in [-0.25, -0.2) is 0 Å². The molecule has 2 heteroatoms. The monoisotopic (exact) mass is 212 g/mol. The minimum Gasteiger partial charge on any atom is -0.481 e. The second-order valence-electron chi connectivity index (χ2n) is 4.26. The Morgan fingerprint density at radius 1 is 1.27 bits per heavy atom. The maximum absolute atomic E-state index is 10.4. The maximum Gasteiger partial charge on any atom is 0.303 e. The highest BCUT2D eigenvalue weighted by molar-refractivity contribution is 5.66. The fraction of sp³-hybridized carbons (Fsp3) is 0.769. The van der Waals surface area contributed by atoms with Crippen LogP contribution in [0, 0.1) is 5.92 Å². The van der Waals surface area contributed by atoms with E-state index in [9.17, 15) is 4.79 Å². The first-order chi connectivity index (χ1) is 7.16. The number of rotatable bonds is 9. The summed E-state index contributed by atoms with van der Waals surface area (Å²) in [5.41, 5.74) is 0. The van der Waals surface area contributed by atoms with E-state index in [-0.39, 0.29) is 12.3 Å². The highest BCUT2D eigenvalue weighted by Gasteiger charge is 2.04. The van der Waals surface area contributed by atoms with E-state index in [0.717, 1.165) is 12.8 Å². The molecule has 1 atom stereocenters. The normalized spacial score (nSPS) is 13.2. The van der Waals surface area contributed by atoms with Gasteiger partial charge in [0.15, 0.2) is 0 Å². The third-order valence-corrected chi connectivity index (χ3v) is 2.45. The van der Waals surface area contributed by atoms with E-state index in [0.29, 0.717) is 0 Å². The second-order valence-corrected chi connectivity index (χ2v) is 4.26. The van der Waals surface area contributed by atoms with E-state index < -0.39 is 5.97 Å². The molecule has 0 bridgehead atoms. The van der Waals surface area contributed by atoms with Crippen LogP contribution >= 0.6 is 0 Å². The molecule has 0 spiro atoms. The Bertz CT molecular complexity index is 185. The summed E-state index contributed by atoms with van der Waals surface area (Å²) in [6.45, 7) is 4.19. The van der Waals surface area contributed by atoms with Gasteiger partial charge in [0.25, 0.3) is 0 Å². The summed E-state index contributed by atoms with van der Waals surface area (Å²) >= 11 is 0.